The Bertz CT molecular complexity index is 919. The van der Waals surface area contributed by atoms with Crippen molar-refractivity contribution in [3.8, 4) is 0 Å². The third-order valence-electron chi connectivity index (χ3n) is 5.24. The molecule has 0 radical (unpaired) electrons. The summed E-state index contributed by atoms with van der Waals surface area (Å²) in [6.07, 6.45) is 1.86. The van der Waals surface area contributed by atoms with Gasteiger partial charge in [-0.25, -0.2) is 0 Å². The van der Waals surface area contributed by atoms with Gasteiger partial charge in [0.05, 0.1) is 11.6 Å². The van der Waals surface area contributed by atoms with Crippen LogP contribution in [-0.4, -0.2) is 38.7 Å². The SMILES string of the molecule is Cc1ccc2[nH]nc(C(=O)N3CCCC3CC(O)c3ccccc3)c2c1. The lowest BCUT2D eigenvalue weighted by molar-refractivity contribution is 0.0663. The fourth-order valence-electron chi connectivity index (χ4n) is 3.84. The molecule has 1 saturated heterocycles. The topological polar surface area (TPSA) is 69.2 Å². The molecule has 5 nitrogen and oxygen atoms in total. The van der Waals surface area contributed by atoms with Gasteiger partial charge in [-0.3, -0.25) is 9.89 Å². The molecule has 2 aromatic carbocycles. The molecule has 0 aliphatic carbocycles. The zero-order valence-electron chi connectivity index (χ0n) is 14.9. The number of hydrogen-bond donors (Lipinski definition) is 2. The average Bonchev–Trinajstić information content (AvgIpc) is 3.28. The molecule has 0 saturated carbocycles. The van der Waals surface area contributed by atoms with Crippen molar-refractivity contribution < 1.29 is 9.90 Å². The van der Waals surface area contributed by atoms with Crippen LogP contribution >= 0.6 is 0 Å². The van der Waals surface area contributed by atoms with Crippen LogP contribution in [0.15, 0.2) is 48.5 Å². The minimum Gasteiger partial charge on any atom is -0.388 e. The highest BCUT2D eigenvalue weighted by molar-refractivity contribution is 6.05. The van der Waals surface area contributed by atoms with Crippen LogP contribution in [0.3, 0.4) is 0 Å². The Hall–Kier alpha value is -2.66. The van der Waals surface area contributed by atoms with E-state index in [0.29, 0.717) is 18.7 Å². The lowest BCUT2D eigenvalue weighted by Crippen LogP contribution is -2.36. The molecule has 2 unspecified atom stereocenters. The lowest BCUT2D eigenvalue weighted by Gasteiger charge is -2.26. The number of likely N-dealkylation sites (tertiary alicyclic amines) is 1. The number of aromatic nitrogens is 2. The summed E-state index contributed by atoms with van der Waals surface area (Å²) in [5.74, 6) is -0.0513. The number of carbonyl (C=O) groups excluding carboxylic acids is 1. The van der Waals surface area contributed by atoms with Crippen LogP contribution in [-0.2, 0) is 0 Å². The van der Waals surface area contributed by atoms with Gasteiger partial charge in [-0.15, -0.1) is 0 Å². The Balaban J connectivity index is 1.56. The van der Waals surface area contributed by atoms with Crippen LogP contribution < -0.4 is 0 Å². The predicted molar refractivity (Wildman–Crippen MR) is 101 cm³/mol. The normalized spacial score (nSPS) is 18.4. The molecule has 0 spiro atoms. The van der Waals surface area contributed by atoms with Gasteiger partial charge in [-0.2, -0.15) is 5.10 Å². The first-order chi connectivity index (χ1) is 12.6. The maximum Gasteiger partial charge on any atom is 0.275 e. The van der Waals surface area contributed by atoms with E-state index in [1.54, 1.807) is 0 Å². The van der Waals surface area contributed by atoms with Crippen molar-refractivity contribution in [2.24, 2.45) is 0 Å². The number of aliphatic hydroxyl groups is 1. The monoisotopic (exact) mass is 349 g/mol. The smallest absolute Gasteiger partial charge is 0.275 e. The van der Waals surface area contributed by atoms with E-state index in [9.17, 15) is 9.90 Å². The van der Waals surface area contributed by atoms with Gasteiger partial charge in [0.2, 0.25) is 0 Å². The highest BCUT2D eigenvalue weighted by Crippen LogP contribution is 2.29. The van der Waals surface area contributed by atoms with Crippen LogP contribution in [0.5, 0.6) is 0 Å². The summed E-state index contributed by atoms with van der Waals surface area (Å²) in [6, 6.07) is 15.6. The number of aliphatic hydroxyl groups excluding tert-OH is 1. The number of nitrogens with zero attached hydrogens (tertiary/aromatic N) is 2. The third kappa shape index (κ3) is 3.10. The highest BCUT2D eigenvalue weighted by atomic mass is 16.3. The van der Waals surface area contributed by atoms with E-state index in [4.69, 9.17) is 0 Å². The van der Waals surface area contributed by atoms with Gasteiger partial charge in [-0.1, -0.05) is 42.0 Å². The van der Waals surface area contributed by atoms with Gasteiger partial charge in [0, 0.05) is 18.0 Å². The Morgan fingerprint density at radius 1 is 1.31 bits per heavy atom. The van der Waals surface area contributed by atoms with Gasteiger partial charge < -0.3 is 10.0 Å². The second-order valence-electron chi connectivity index (χ2n) is 7.08. The first-order valence-electron chi connectivity index (χ1n) is 9.12. The number of nitrogens with one attached hydrogen (secondary N) is 1. The average molecular weight is 349 g/mol. The zero-order chi connectivity index (χ0) is 18.1. The van der Waals surface area contributed by atoms with E-state index in [1.807, 2.05) is 60.4 Å². The maximum atomic E-state index is 13.1. The number of hydrogen-bond acceptors (Lipinski definition) is 3. The van der Waals surface area contributed by atoms with E-state index < -0.39 is 6.10 Å². The number of fused-ring (bicyclic) bond motifs is 1. The van der Waals surface area contributed by atoms with Crippen LogP contribution in [0, 0.1) is 6.92 Å². The van der Waals surface area contributed by atoms with E-state index in [-0.39, 0.29) is 11.9 Å². The minimum absolute atomic E-state index is 0.0364. The number of carbonyl (C=O) groups is 1. The van der Waals surface area contributed by atoms with E-state index >= 15 is 0 Å². The molecule has 26 heavy (non-hydrogen) atoms. The lowest BCUT2D eigenvalue weighted by atomic mass is 10.0. The summed E-state index contributed by atoms with van der Waals surface area (Å²) < 4.78 is 0. The van der Waals surface area contributed by atoms with Crippen molar-refractivity contribution in [1.82, 2.24) is 15.1 Å². The molecule has 2 heterocycles. The molecule has 1 fully saturated rings. The van der Waals surface area contributed by atoms with Gasteiger partial charge in [0.15, 0.2) is 5.69 Å². The van der Waals surface area contributed by atoms with E-state index in [2.05, 4.69) is 10.2 Å². The molecule has 0 bridgehead atoms. The molecular formula is C21H23N3O2. The fraction of sp³-hybridized carbons (Fsp3) is 0.333. The molecule has 3 aromatic rings. The summed E-state index contributed by atoms with van der Waals surface area (Å²) >= 11 is 0. The number of amides is 1. The van der Waals surface area contributed by atoms with E-state index in [1.165, 1.54) is 0 Å². The Morgan fingerprint density at radius 2 is 2.12 bits per heavy atom. The molecule has 1 aliphatic rings. The molecule has 4 rings (SSSR count). The Labute approximate surface area is 152 Å². The summed E-state index contributed by atoms with van der Waals surface area (Å²) in [6.45, 7) is 2.72. The molecule has 1 aliphatic heterocycles. The Morgan fingerprint density at radius 3 is 2.92 bits per heavy atom. The minimum atomic E-state index is -0.562. The predicted octanol–water partition coefficient (Wildman–Crippen LogP) is 3.60. The molecule has 2 N–H and O–H groups in total. The van der Waals surface area contributed by atoms with Crippen LogP contribution in [0.1, 0.15) is 47.0 Å². The number of aromatic amines is 1. The van der Waals surface area contributed by atoms with Crippen molar-refractivity contribution in [2.75, 3.05) is 6.54 Å². The summed E-state index contributed by atoms with van der Waals surface area (Å²) in [7, 11) is 0. The van der Waals surface area contributed by atoms with Crippen molar-refractivity contribution in [2.45, 2.75) is 38.3 Å². The number of H-pyrrole nitrogens is 1. The van der Waals surface area contributed by atoms with Crippen molar-refractivity contribution >= 4 is 16.8 Å². The molecule has 2 atom stereocenters. The standard InChI is InChI=1S/C21H23N3O2/c1-14-9-10-18-17(12-14)20(23-22-18)21(26)24-11-5-8-16(24)13-19(25)15-6-3-2-4-7-15/h2-4,6-7,9-10,12,16,19,25H,5,8,11,13H2,1H3,(H,22,23). The molecule has 1 aromatic heterocycles. The highest BCUT2D eigenvalue weighted by Gasteiger charge is 2.33. The fourth-order valence-corrected chi connectivity index (χ4v) is 3.84. The summed E-state index contributed by atoms with van der Waals surface area (Å²) in [4.78, 5) is 15.0. The number of rotatable bonds is 4. The molecule has 134 valence electrons. The maximum absolute atomic E-state index is 13.1. The number of aryl methyl sites for hydroxylation is 1. The first kappa shape index (κ1) is 16.8. The third-order valence-corrected chi connectivity index (χ3v) is 5.24. The first-order valence-corrected chi connectivity index (χ1v) is 9.12. The van der Waals surface area contributed by atoms with Crippen LogP contribution in [0.4, 0.5) is 0 Å². The second kappa shape index (κ2) is 6.92. The summed E-state index contributed by atoms with van der Waals surface area (Å²) in [5.41, 5.74) is 3.35. The number of benzene rings is 2. The zero-order valence-corrected chi connectivity index (χ0v) is 14.9. The van der Waals surface area contributed by atoms with Crippen molar-refractivity contribution in [3.05, 3.63) is 65.4 Å². The van der Waals surface area contributed by atoms with Gasteiger partial charge in [-0.05, 0) is 43.9 Å². The van der Waals surface area contributed by atoms with Crippen LogP contribution in [0.25, 0.3) is 10.9 Å². The van der Waals surface area contributed by atoms with Crippen molar-refractivity contribution in [3.63, 3.8) is 0 Å². The quantitative estimate of drug-likeness (QED) is 0.756. The molecule has 1 amide bonds. The summed E-state index contributed by atoms with van der Waals surface area (Å²) in [5, 5.41) is 18.7. The van der Waals surface area contributed by atoms with Gasteiger partial charge >= 0.3 is 0 Å². The Kier molecular flexibility index (Phi) is 4.47. The van der Waals surface area contributed by atoms with E-state index in [0.717, 1.165) is 34.9 Å². The largest absolute Gasteiger partial charge is 0.388 e. The molecular weight excluding hydrogens is 326 g/mol. The second-order valence-corrected chi connectivity index (χ2v) is 7.08. The van der Waals surface area contributed by atoms with Gasteiger partial charge in [0.1, 0.15) is 0 Å². The van der Waals surface area contributed by atoms with Crippen molar-refractivity contribution in [1.29, 1.82) is 0 Å². The molecule has 5 heteroatoms. The van der Waals surface area contributed by atoms with Gasteiger partial charge in [0.25, 0.3) is 5.91 Å². The van der Waals surface area contributed by atoms with Crippen LogP contribution in [0.2, 0.25) is 0 Å².